The first-order valence-corrected chi connectivity index (χ1v) is 7.59. The molecule has 0 N–H and O–H groups in total. The Morgan fingerprint density at radius 3 is 2.45 bits per heavy atom. The molecule has 104 valence electrons. The smallest absolute Gasteiger partial charge is 0.173 e. The summed E-state index contributed by atoms with van der Waals surface area (Å²) in [5, 5.41) is 1.12. The van der Waals surface area contributed by atoms with E-state index in [0.29, 0.717) is 27.1 Å². The molecule has 0 aliphatic heterocycles. The molecule has 0 saturated heterocycles. The predicted octanol–water partition coefficient (Wildman–Crippen LogP) is 4.98. The fraction of sp³-hybridized carbons (Fsp3) is 0.133. The summed E-state index contributed by atoms with van der Waals surface area (Å²) in [6, 6.07) is 12.4. The van der Waals surface area contributed by atoms with E-state index in [1.165, 1.54) is 11.8 Å². The summed E-state index contributed by atoms with van der Waals surface area (Å²) in [6.45, 7) is 0. The Balaban J connectivity index is 2.01. The molecule has 0 amide bonds. The number of Topliss-reactive ketones (excluding diaryl/α,β-unsaturated/α-hetero) is 1. The first-order chi connectivity index (χ1) is 9.60. The molecule has 0 saturated carbocycles. The minimum absolute atomic E-state index is 0.0227. The van der Waals surface area contributed by atoms with Gasteiger partial charge in [0.05, 0.1) is 17.9 Å². The third kappa shape index (κ3) is 3.92. The van der Waals surface area contributed by atoms with Crippen LogP contribution in [0.2, 0.25) is 10.0 Å². The van der Waals surface area contributed by atoms with Crippen molar-refractivity contribution in [1.82, 2.24) is 0 Å². The summed E-state index contributed by atoms with van der Waals surface area (Å²) in [5.74, 6) is 0.938. The number of ether oxygens (including phenoxy) is 1. The number of hydrogen-bond donors (Lipinski definition) is 0. The lowest BCUT2D eigenvalue weighted by atomic mass is 10.1. The second-order valence-electron chi connectivity index (χ2n) is 4.02. The normalized spacial score (nSPS) is 10.3. The molecular formula is C15H12Cl2O2S. The van der Waals surface area contributed by atoms with Gasteiger partial charge in [0.2, 0.25) is 0 Å². The van der Waals surface area contributed by atoms with Gasteiger partial charge in [0.15, 0.2) is 5.78 Å². The molecule has 0 unspecified atom stereocenters. The van der Waals surface area contributed by atoms with Crippen molar-refractivity contribution in [3.63, 3.8) is 0 Å². The van der Waals surface area contributed by atoms with Crippen molar-refractivity contribution in [3.8, 4) is 5.75 Å². The average Bonchev–Trinajstić information content (AvgIpc) is 2.46. The van der Waals surface area contributed by atoms with Crippen LogP contribution in [0.4, 0.5) is 0 Å². The highest BCUT2D eigenvalue weighted by Gasteiger charge is 2.09. The lowest BCUT2D eigenvalue weighted by Crippen LogP contribution is -2.02. The lowest BCUT2D eigenvalue weighted by molar-refractivity contribution is 0.102. The van der Waals surface area contributed by atoms with Crippen molar-refractivity contribution >= 4 is 40.7 Å². The number of carbonyl (C=O) groups is 1. The van der Waals surface area contributed by atoms with Crippen molar-refractivity contribution in [1.29, 1.82) is 0 Å². The summed E-state index contributed by atoms with van der Waals surface area (Å²) < 4.78 is 5.06. The summed E-state index contributed by atoms with van der Waals surface area (Å²) in [4.78, 5) is 13.1. The minimum Gasteiger partial charge on any atom is -0.495 e. The van der Waals surface area contributed by atoms with Crippen molar-refractivity contribution < 1.29 is 9.53 Å². The van der Waals surface area contributed by atoms with E-state index in [1.54, 1.807) is 37.4 Å². The lowest BCUT2D eigenvalue weighted by Gasteiger charge is -2.05. The van der Waals surface area contributed by atoms with Gasteiger partial charge in [-0.15, -0.1) is 11.8 Å². The quantitative estimate of drug-likeness (QED) is 0.572. The van der Waals surface area contributed by atoms with Crippen LogP contribution in [0.1, 0.15) is 10.4 Å². The molecule has 0 aliphatic carbocycles. The van der Waals surface area contributed by atoms with Gasteiger partial charge < -0.3 is 4.74 Å². The molecular weight excluding hydrogens is 315 g/mol. The molecule has 0 bridgehead atoms. The zero-order valence-corrected chi connectivity index (χ0v) is 13.1. The van der Waals surface area contributed by atoms with E-state index in [1.807, 2.05) is 12.1 Å². The zero-order chi connectivity index (χ0) is 14.5. The van der Waals surface area contributed by atoms with Crippen LogP contribution in [0.5, 0.6) is 5.75 Å². The molecule has 0 spiro atoms. The monoisotopic (exact) mass is 326 g/mol. The average molecular weight is 327 g/mol. The Kier molecular flexibility index (Phi) is 5.35. The molecule has 5 heteroatoms. The van der Waals surface area contributed by atoms with E-state index >= 15 is 0 Å². The highest BCUT2D eigenvalue weighted by atomic mass is 35.5. The van der Waals surface area contributed by atoms with Crippen LogP contribution < -0.4 is 4.74 Å². The van der Waals surface area contributed by atoms with Gasteiger partial charge in [0.25, 0.3) is 0 Å². The van der Waals surface area contributed by atoms with Gasteiger partial charge in [0.1, 0.15) is 5.75 Å². The Morgan fingerprint density at radius 2 is 1.85 bits per heavy atom. The Labute approximate surface area is 132 Å². The maximum Gasteiger partial charge on any atom is 0.173 e. The van der Waals surface area contributed by atoms with Gasteiger partial charge in [-0.3, -0.25) is 4.79 Å². The number of methoxy groups -OCH3 is 1. The Morgan fingerprint density at radius 1 is 1.15 bits per heavy atom. The summed E-state index contributed by atoms with van der Waals surface area (Å²) in [7, 11) is 1.54. The molecule has 20 heavy (non-hydrogen) atoms. The van der Waals surface area contributed by atoms with Gasteiger partial charge in [-0.25, -0.2) is 0 Å². The van der Waals surface area contributed by atoms with Crippen LogP contribution in [-0.2, 0) is 0 Å². The molecule has 0 atom stereocenters. The first kappa shape index (κ1) is 15.2. The molecule has 2 aromatic rings. The Hall–Kier alpha value is -1.16. The van der Waals surface area contributed by atoms with Crippen LogP contribution in [-0.4, -0.2) is 18.6 Å². The number of thioether (sulfide) groups is 1. The number of halogens is 2. The van der Waals surface area contributed by atoms with Crippen LogP contribution in [0.15, 0.2) is 47.4 Å². The van der Waals surface area contributed by atoms with Gasteiger partial charge in [-0.2, -0.15) is 0 Å². The summed E-state index contributed by atoms with van der Waals surface area (Å²) in [6.07, 6.45) is 0. The van der Waals surface area contributed by atoms with Gasteiger partial charge in [0, 0.05) is 15.5 Å². The van der Waals surface area contributed by atoms with Crippen LogP contribution in [0, 0.1) is 0 Å². The van der Waals surface area contributed by atoms with Crippen LogP contribution in [0.3, 0.4) is 0 Å². The number of benzene rings is 2. The van der Waals surface area contributed by atoms with E-state index in [-0.39, 0.29) is 5.78 Å². The molecule has 0 radical (unpaired) electrons. The van der Waals surface area contributed by atoms with Crippen molar-refractivity contribution in [2.75, 3.05) is 12.9 Å². The van der Waals surface area contributed by atoms with Crippen molar-refractivity contribution in [2.24, 2.45) is 0 Å². The second kappa shape index (κ2) is 7.02. The first-order valence-electron chi connectivity index (χ1n) is 5.85. The van der Waals surface area contributed by atoms with Gasteiger partial charge >= 0.3 is 0 Å². The fourth-order valence-corrected chi connectivity index (χ4v) is 2.78. The molecule has 0 aliphatic rings. The van der Waals surface area contributed by atoms with Crippen molar-refractivity contribution in [2.45, 2.75) is 4.90 Å². The Bertz CT molecular complexity index is 612. The molecule has 2 nitrogen and oxygen atoms in total. The third-order valence-electron chi connectivity index (χ3n) is 2.66. The van der Waals surface area contributed by atoms with Gasteiger partial charge in [-0.1, -0.05) is 23.2 Å². The van der Waals surface area contributed by atoms with E-state index in [9.17, 15) is 4.79 Å². The fourth-order valence-electron chi connectivity index (χ4n) is 1.60. The van der Waals surface area contributed by atoms with E-state index in [2.05, 4.69) is 0 Å². The standard InChI is InChI=1S/C15H12Cl2O2S/c1-19-15-7-2-10(8-13(15)17)14(18)9-20-12-5-3-11(16)4-6-12/h2-8H,9H2,1H3. The third-order valence-corrected chi connectivity index (χ3v) is 4.22. The SMILES string of the molecule is COc1ccc(C(=O)CSc2ccc(Cl)cc2)cc1Cl. The minimum atomic E-state index is 0.0227. The molecule has 0 heterocycles. The number of hydrogen-bond acceptors (Lipinski definition) is 3. The van der Waals surface area contributed by atoms with Crippen LogP contribution in [0.25, 0.3) is 0 Å². The van der Waals surface area contributed by atoms with E-state index in [0.717, 1.165) is 4.90 Å². The molecule has 2 rings (SSSR count). The largest absolute Gasteiger partial charge is 0.495 e. The maximum absolute atomic E-state index is 12.1. The number of ketones is 1. The zero-order valence-electron chi connectivity index (χ0n) is 10.7. The van der Waals surface area contributed by atoms with Gasteiger partial charge in [-0.05, 0) is 42.5 Å². The predicted molar refractivity (Wildman–Crippen MR) is 84.5 cm³/mol. The van der Waals surface area contributed by atoms with Crippen LogP contribution >= 0.6 is 35.0 Å². The molecule has 0 aromatic heterocycles. The molecule has 2 aromatic carbocycles. The van der Waals surface area contributed by atoms with Crippen molar-refractivity contribution in [3.05, 3.63) is 58.1 Å². The highest BCUT2D eigenvalue weighted by Crippen LogP contribution is 2.26. The number of carbonyl (C=O) groups excluding carboxylic acids is 1. The maximum atomic E-state index is 12.1. The summed E-state index contributed by atoms with van der Waals surface area (Å²) in [5.41, 5.74) is 0.581. The topological polar surface area (TPSA) is 26.3 Å². The highest BCUT2D eigenvalue weighted by molar-refractivity contribution is 8.00. The summed E-state index contributed by atoms with van der Waals surface area (Å²) >= 11 is 13.3. The second-order valence-corrected chi connectivity index (χ2v) is 5.91. The van der Waals surface area contributed by atoms with E-state index in [4.69, 9.17) is 27.9 Å². The number of rotatable bonds is 5. The van der Waals surface area contributed by atoms with E-state index < -0.39 is 0 Å². The molecule has 0 fully saturated rings.